The highest BCUT2D eigenvalue weighted by Crippen LogP contribution is 2.38. The maximum Gasteiger partial charge on any atom is 0.436 e. The minimum Gasteiger partial charge on any atom is -0.497 e. The van der Waals surface area contributed by atoms with E-state index in [1.54, 1.807) is 44.7 Å². The summed E-state index contributed by atoms with van der Waals surface area (Å²) in [6, 6.07) is 22.4. The Labute approximate surface area is 220 Å². The van der Waals surface area contributed by atoms with Crippen LogP contribution in [-0.4, -0.2) is 38.9 Å². The number of aliphatic imine (C=N–C) groups is 1. The van der Waals surface area contributed by atoms with Crippen molar-refractivity contribution in [2.75, 3.05) is 26.1 Å². The Morgan fingerprint density at radius 2 is 1.47 bits per heavy atom. The van der Waals surface area contributed by atoms with Crippen molar-refractivity contribution < 1.29 is 19.0 Å². The lowest BCUT2D eigenvalue weighted by molar-refractivity contribution is 0.163. The SMILES string of the molecule is CCOC(=O)/N=C(/Nc1cc(Sc2ccc(OC)cc2)ccc1Sc1ccc(OC)cc1)NC1CC1. The molecule has 0 unspecified atom stereocenters. The number of methoxy groups -OCH3 is 2. The van der Waals surface area contributed by atoms with Crippen LogP contribution in [0.1, 0.15) is 19.8 Å². The molecule has 4 rings (SSSR count). The number of carbonyl (C=O) groups excluding carboxylic acids is 1. The largest absolute Gasteiger partial charge is 0.497 e. The van der Waals surface area contributed by atoms with Crippen molar-refractivity contribution in [2.45, 2.75) is 45.4 Å². The number of ether oxygens (including phenoxy) is 3. The van der Waals surface area contributed by atoms with Crippen molar-refractivity contribution in [2.24, 2.45) is 4.99 Å². The van der Waals surface area contributed by atoms with Crippen molar-refractivity contribution in [3.05, 3.63) is 66.7 Å². The number of nitrogens with zero attached hydrogens (tertiary/aromatic N) is 1. The molecule has 1 aliphatic rings. The van der Waals surface area contributed by atoms with Gasteiger partial charge in [-0.1, -0.05) is 23.5 Å². The van der Waals surface area contributed by atoms with E-state index in [0.29, 0.717) is 12.0 Å². The molecule has 3 aromatic rings. The average molecular weight is 524 g/mol. The normalized spacial score (nSPS) is 13.1. The summed E-state index contributed by atoms with van der Waals surface area (Å²) in [5, 5.41) is 6.66. The Morgan fingerprint density at radius 1 is 0.889 bits per heavy atom. The summed E-state index contributed by atoms with van der Waals surface area (Å²) < 4.78 is 15.6. The van der Waals surface area contributed by atoms with Gasteiger partial charge < -0.3 is 24.8 Å². The van der Waals surface area contributed by atoms with Gasteiger partial charge in [-0.3, -0.25) is 0 Å². The van der Waals surface area contributed by atoms with E-state index < -0.39 is 6.09 Å². The van der Waals surface area contributed by atoms with Gasteiger partial charge in [0.1, 0.15) is 11.5 Å². The Hall–Kier alpha value is -3.30. The fraction of sp³-hybridized carbons (Fsp3) is 0.259. The molecular weight excluding hydrogens is 494 g/mol. The van der Waals surface area contributed by atoms with E-state index in [2.05, 4.69) is 33.8 Å². The van der Waals surface area contributed by atoms with Gasteiger partial charge >= 0.3 is 6.09 Å². The minimum absolute atomic E-state index is 0.269. The summed E-state index contributed by atoms with van der Waals surface area (Å²) >= 11 is 3.26. The van der Waals surface area contributed by atoms with E-state index in [4.69, 9.17) is 14.2 Å². The van der Waals surface area contributed by atoms with Gasteiger partial charge in [-0.25, -0.2) is 4.79 Å². The van der Waals surface area contributed by atoms with Gasteiger partial charge in [0.2, 0.25) is 5.96 Å². The van der Waals surface area contributed by atoms with E-state index in [1.165, 1.54) is 0 Å². The lowest BCUT2D eigenvalue weighted by Crippen LogP contribution is -2.33. The van der Waals surface area contributed by atoms with Crippen molar-refractivity contribution in [1.29, 1.82) is 0 Å². The van der Waals surface area contributed by atoms with Crippen LogP contribution in [0, 0.1) is 0 Å². The Balaban J connectivity index is 1.62. The predicted octanol–water partition coefficient (Wildman–Crippen LogP) is 6.68. The topological polar surface area (TPSA) is 81.2 Å². The standard InChI is InChI=1S/C27H29N3O4S2/c1-4-34-27(31)30-26(28-18-5-6-18)29-24-17-23(35-21-11-7-19(32-2)8-12-21)15-16-25(24)36-22-13-9-20(33-3)10-14-22/h7-18H,4-6H2,1-3H3,(H2,28,29,30,31). The number of hydrogen-bond acceptors (Lipinski definition) is 6. The molecule has 1 fully saturated rings. The number of nitrogens with one attached hydrogen (secondary N) is 2. The molecule has 36 heavy (non-hydrogen) atoms. The number of rotatable bonds is 9. The van der Waals surface area contributed by atoms with Gasteiger partial charge in [-0.2, -0.15) is 0 Å². The lowest BCUT2D eigenvalue weighted by Gasteiger charge is -2.16. The fourth-order valence-corrected chi connectivity index (χ4v) is 4.94. The molecule has 0 radical (unpaired) electrons. The molecule has 0 spiro atoms. The number of benzene rings is 3. The predicted molar refractivity (Wildman–Crippen MR) is 145 cm³/mol. The lowest BCUT2D eigenvalue weighted by atomic mass is 10.3. The quantitative estimate of drug-likeness (QED) is 0.237. The highest BCUT2D eigenvalue weighted by atomic mass is 32.2. The third-order valence-corrected chi connectivity index (χ3v) is 7.26. The third-order valence-electron chi connectivity index (χ3n) is 5.18. The second-order valence-electron chi connectivity index (χ2n) is 7.92. The zero-order valence-electron chi connectivity index (χ0n) is 20.4. The van der Waals surface area contributed by atoms with Crippen molar-refractivity contribution in [3.63, 3.8) is 0 Å². The van der Waals surface area contributed by atoms with Crippen LogP contribution in [0.5, 0.6) is 11.5 Å². The van der Waals surface area contributed by atoms with E-state index in [9.17, 15) is 4.79 Å². The molecule has 0 bridgehead atoms. The molecule has 0 aliphatic heterocycles. The van der Waals surface area contributed by atoms with Crippen LogP contribution >= 0.6 is 23.5 Å². The first-order valence-electron chi connectivity index (χ1n) is 11.6. The molecular formula is C27H29N3O4S2. The number of amides is 1. The summed E-state index contributed by atoms with van der Waals surface area (Å²) in [5.41, 5.74) is 0.838. The molecule has 0 aromatic heterocycles. The second-order valence-corrected chi connectivity index (χ2v) is 10.2. The molecule has 0 atom stereocenters. The van der Waals surface area contributed by atoms with Crippen molar-refractivity contribution >= 4 is 41.3 Å². The molecule has 0 saturated heterocycles. The number of carbonyl (C=O) groups is 1. The Kier molecular flexibility index (Phi) is 9.02. The third kappa shape index (κ3) is 7.60. The van der Waals surface area contributed by atoms with E-state index in [-0.39, 0.29) is 6.61 Å². The molecule has 1 aliphatic carbocycles. The van der Waals surface area contributed by atoms with Crippen LogP contribution in [0.25, 0.3) is 0 Å². The molecule has 3 aromatic carbocycles. The summed E-state index contributed by atoms with van der Waals surface area (Å²) in [7, 11) is 3.31. The smallest absolute Gasteiger partial charge is 0.436 e. The zero-order chi connectivity index (χ0) is 25.3. The maximum atomic E-state index is 12.1. The molecule has 9 heteroatoms. The van der Waals surface area contributed by atoms with Gasteiger partial charge in [-0.05, 0) is 86.5 Å². The summed E-state index contributed by atoms with van der Waals surface area (Å²) in [6.45, 7) is 2.03. The first kappa shape index (κ1) is 25.8. The van der Waals surface area contributed by atoms with Gasteiger partial charge in [0.25, 0.3) is 0 Å². The number of hydrogen-bond donors (Lipinski definition) is 2. The van der Waals surface area contributed by atoms with Crippen LogP contribution in [0.4, 0.5) is 10.5 Å². The van der Waals surface area contributed by atoms with Crippen LogP contribution in [0.3, 0.4) is 0 Å². The molecule has 1 amide bonds. The number of anilines is 1. The van der Waals surface area contributed by atoms with Crippen molar-refractivity contribution in [1.82, 2.24) is 5.32 Å². The fourth-order valence-electron chi connectivity index (χ4n) is 3.20. The maximum absolute atomic E-state index is 12.1. The first-order valence-corrected chi connectivity index (χ1v) is 13.3. The van der Waals surface area contributed by atoms with Crippen LogP contribution in [-0.2, 0) is 4.74 Å². The van der Waals surface area contributed by atoms with Gasteiger partial charge in [0.15, 0.2) is 0 Å². The molecule has 7 nitrogen and oxygen atoms in total. The molecule has 1 saturated carbocycles. The highest BCUT2D eigenvalue weighted by molar-refractivity contribution is 8.00. The van der Waals surface area contributed by atoms with Crippen LogP contribution in [0.2, 0.25) is 0 Å². The Bertz CT molecular complexity index is 1200. The van der Waals surface area contributed by atoms with Gasteiger partial charge in [0, 0.05) is 25.6 Å². The molecule has 2 N–H and O–H groups in total. The second kappa shape index (κ2) is 12.6. The van der Waals surface area contributed by atoms with Crippen molar-refractivity contribution in [3.8, 4) is 11.5 Å². The Morgan fingerprint density at radius 3 is 2.03 bits per heavy atom. The van der Waals surface area contributed by atoms with Crippen LogP contribution < -0.4 is 20.1 Å². The average Bonchev–Trinajstić information content (AvgIpc) is 3.70. The monoisotopic (exact) mass is 523 g/mol. The summed E-state index contributed by atoms with van der Waals surface area (Å²) in [6.07, 6.45) is 1.47. The highest BCUT2D eigenvalue weighted by Gasteiger charge is 2.23. The summed E-state index contributed by atoms with van der Waals surface area (Å²) in [5.74, 6) is 2.01. The van der Waals surface area contributed by atoms with E-state index >= 15 is 0 Å². The zero-order valence-corrected chi connectivity index (χ0v) is 22.1. The summed E-state index contributed by atoms with van der Waals surface area (Å²) in [4.78, 5) is 20.4. The van der Waals surface area contributed by atoms with Crippen LogP contribution in [0.15, 0.2) is 91.3 Å². The first-order chi connectivity index (χ1) is 17.6. The molecule has 188 valence electrons. The van der Waals surface area contributed by atoms with Gasteiger partial charge in [-0.15, -0.1) is 4.99 Å². The van der Waals surface area contributed by atoms with E-state index in [0.717, 1.165) is 49.6 Å². The number of guanidine groups is 1. The minimum atomic E-state index is -0.624. The molecule has 0 heterocycles. The van der Waals surface area contributed by atoms with E-state index in [1.807, 2.05) is 48.5 Å². The van der Waals surface area contributed by atoms with Gasteiger partial charge in [0.05, 0.1) is 26.5 Å².